The minimum absolute atomic E-state index is 0.268. The molecular weight excluding hydrogens is 270 g/mol. The Kier molecular flexibility index (Phi) is 4.90. The number of hydrogen-bond donors (Lipinski definition) is 1. The summed E-state index contributed by atoms with van der Waals surface area (Å²) in [4.78, 5) is 0. The Bertz CT molecular complexity index is 576. The van der Waals surface area contributed by atoms with Crippen LogP contribution in [-0.2, 0) is 6.42 Å². The largest absolute Gasteiger partial charge is 0.466 e. The first-order chi connectivity index (χ1) is 9.47. The minimum Gasteiger partial charge on any atom is -0.466 e. The molecule has 0 aliphatic heterocycles. The predicted octanol–water partition coefficient (Wildman–Crippen LogP) is 4.83. The Labute approximate surface area is 126 Å². The van der Waals surface area contributed by atoms with Crippen LogP contribution in [0.2, 0.25) is 5.02 Å². The monoisotopic (exact) mass is 291 g/mol. The lowest BCUT2D eigenvalue weighted by Gasteiger charge is -2.20. The van der Waals surface area contributed by atoms with Gasteiger partial charge in [-0.1, -0.05) is 29.8 Å². The molecule has 0 saturated carbocycles. The highest BCUT2D eigenvalue weighted by atomic mass is 35.5. The van der Waals surface area contributed by atoms with Crippen molar-refractivity contribution < 1.29 is 4.42 Å². The number of halogens is 1. The van der Waals surface area contributed by atoms with E-state index in [9.17, 15) is 0 Å². The van der Waals surface area contributed by atoms with Crippen molar-refractivity contribution in [3.8, 4) is 0 Å². The van der Waals surface area contributed by atoms with Crippen molar-refractivity contribution >= 4 is 11.6 Å². The van der Waals surface area contributed by atoms with Crippen molar-refractivity contribution in [2.45, 2.75) is 46.2 Å². The second-order valence-corrected chi connectivity index (χ2v) is 5.86. The molecule has 0 amide bonds. The van der Waals surface area contributed by atoms with E-state index in [-0.39, 0.29) is 6.04 Å². The fraction of sp³-hybridized carbons (Fsp3) is 0.412. The van der Waals surface area contributed by atoms with E-state index < -0.39 is 0 Å². The summed E-state index contributed by atoms with van der Waals surface area (Å²) in [6, 6.07) is 10.7. The van der Waals surface area contributed by atoms with Gasteiger partial charge in [0, 0.05) is 22.7 Å². The molecule has 2 rings (SSSR count). The topological polar surface area (TPSA) is 25.2 Å². The van der Waals surface area contributed by atoms with Crippen LogP contribution in [0.4, 0.5) is 0 Å². The summed E-state index contributed by atoms with van der Waals surface area (Å²) < 4.78 is 5.59. The normalized spacial score (nSPS) is 14.2. The van der Waals surface area contributed by atoms with Crippen LogP contribution in [-0.4, -0.2) is 6.04 Å². The van der Waals surface area contributed by atoms with Gasteiger partial charge in [-0.15, -0.1) is 0 Å². The van der Waals surface area contributed by atoms with Gasteiger partial charge in [-0.05, 0) is 51.8 Å². The zero-order chi connectivity index (χ0) is 14.7. The first kappa shape index (κ1) is 15.1. The van der Waals surface area contributed by atoms with Crippen molar-refractivity contribution in [2.75, 3.05) is 0 Å². The Hall–Kier alpha value is -1.25. The summed E-state index contributed by atoms with van der Waals surface area (Å²) in [6.45, 7) is 8.35. The molecule has 0 saturated heterocycles. The maximum atomic E-state index is 6.21. The molecule has 0 aliphatic carbocycles. The van der Waals surface area contributed by atoms with Crippen LogP contribution < -0.4 is 5.32 Å². The van der Waals surface area contributed by atoms with E-state index in [1.807, 2.05) is 32.0 Å². The molecule has 1 aromatic heterocycles. The number of furan rings is 1. The van der Waals surface area contributed by atoms with Gasteiger partial charge in [0.2, 0.25) is 0 Å². The number of benzene rings is 1. The third-order valence-electron chi connectivity index (χ3n) is 3.56. The highest BCUT2D eigenvalue weighted by molar-refractivity contribution is 6.31. The summed E-state index contributed by atoms with van der Waals surface area (Å²) in [5.74, 6) is 1.96. The molecule has 2 atom stereocenters. The van der Waals surface area contributed by atoms with Crippen LogP contribution in [0.5, 0.6) is 0 Å². The van der Waals surface area contributed by atoms with Gasteiger partial charge in [-0.2, -0.15) is 0 Å². The first-order valence-corrected chi connectivity index (χ1v) is 7.41. The van der Waals surface area contributed by atoms with Crippen molar-refractivity contribution in [1.82, 2.24) is 5.32 Å². The molecule has 0 bridgehead atoms. The highest BCUT2D eigenvalue weighted by Gasteiger charge is 2.15. The fourth-order valence-electron chi connectivity index (χ4n) is 2.65. The molecule has 1 heterocycles. The molecular formula is C17H22ClNO. The number of rotatable bonds is 5. The van der Waals surface area contributed by atoms with E-state index in [4.69, 9.17) is 16.0 Å². The Morgan fingerprint density at radius 3 is 2.50 bits per heavy atom. The zero-order valence-corrected chi connectivity index (χ0v) is 13.3. The fourth-order valence-corrected chi connectivity index (χ4v) is 2.86. The van der Waals surface area contributed by atoms with Gasteiger partial charge in [0.15, 0.2) is 0 Å². The quantitative estimate of drug-likeness (QED) is 0.853. The highest BCUT2D eigenvalue weighted by Crippen LogP contribution is 2.23. The molecule has 2 nitrogen and oxygen atoms in total. The van der Waals surface area contributed by atoms with E-state index in [0.29, 0.717) is 6.04 Å². The molecule has 1 aromatic carbocycles. The maximum Gasteiger partial charge on any atom is 0.105 e. The molecule has 3 heteroatoms. The van der Waals surface area contributed by atoms with Gasteiger partial charge in [0.1, 0.15) is 11.5 Å². The Morgan fingerprint density at radius 1 is 1.20 bits per heavy atom. The molecule has 0 fully saturated rings. The van der Waals surface area contributed by atoms with Crippen LogP contribution in [0.15, 0.2) is 34.7 Å². The van der Waals surface area contributed by atoms with Crippen molar-refractivity contribution in [2.24, 2.45) is 0 Å². The summed E-state index contributed by atoms with van der Waals surface area (Å²) in [7, 11) is 0. The lowest BCUT2D eigenvalue weighted by atomic mass is 10.0. The third kappa shape index (κ3) is 3.65. The molecule has 20 heavy (non-hydrogen) atoms. The second kappa shape index (κ2) is 6.47. The smallest absolute Gasteiger partial charge is 0.105 e. The van der Waals surface area contributed by atoms with E-state index in [0.717, 1.165) is 23.0 Å². The van der Waals surface area contributed by atoms with Gasteiger partial charge in [0.25, 0.3) is 0 Å². The lowest BCUT2D eigenvalue weighted by molar-refractivity contribution is 0.459. The summed E-state index contributed by atoms with van der Waals surface area (Å²) in [5, 5.41) is 4.44. The standard InChI is InChI=1S/C17H22ClNO/c1-11(9-15-7-5-6-8-17(15)18)19-13(3)16-10-12(2)20-14(16)4/h5-8,10-11,13,19H,9H2,1-4H3. The van der Waals surface area contributed by atoms with Crippen LogP contribution in [0.1, 0.15) is 42.5 Å². The number of nitrogens with one attached hydrogen (secondary N) is 1. The van der Waals surface area contributed by atoms with Crippen LogP contribution >= 0.6 is 11.6 Å². The van der Waals surface area contributed by atoms with Crippen LogP contribution in [0.3, 0.4) is 0 Å². The first-order valence-electron chi connectivity index (χ1n) is 7.03. The van der Waals surface area contributed by atoms with Gasteiger partial charge in [0.05, 0.1) is 0 Å². The van der Waals surface area contributed by atoms with Crippen molar-refractivity contribution in [3.63, 3.8) is 0 Å². The molecule has 1 N–H and O–H groups in total. The van der Waals surface area contributed by atoms with Crippen LogP contribution in [0.25, 0.3) is 0 Å². The second-order valence-electron chi connectivity index (χ2n) is 5.45. The zero-order valence-electron chi connectivity index (χ0n) is 12.5. The van der Waals surface area contributed by atoms with Gasteiger partial charge < -0.3 is 9.73 Å². The number of aryl methyl sites for hydroxylation is 2. The Morgan fingerprint density at radius 2 is 1.90 bits per heavy atom. The molecule has 2 aromatic rings. The molecule has 0 radical (unpaired) electrons. The Balaban J connectivity index is 1.99. The van der Waals surface area contributed by atoms with Crippen molar-refractivity contribution in [3.05, 3.63) is 58.0 Å². The maximum absolute atomic E-state index is 6.21. The van der Waals surface area contributed by atoms with Gasteiger partial charge in [-0.25, -0.2) is 0 Å². The SMILES string of the molecule is Cc1cc(C(C)NC(C)Cc2ccccc2Cl)c(C)o1. The molecule has 0 spiro atoms. The van der Waals surface area contributed by atoms with Crippen LogP contribution in [0, 0.1) is 13.8 Å². The minimum atomic E-state index is 0.268. The average molecular weight is 292 g/mol. The van der Waals surface area contributed by atoms with E-state index >= 15 is 0 Å². The van der Waals surface area contributed by atoms with Gasteiger partial charge in [-0.3, -0.25) is 0 Å². The summed E-state index contributed by atoms with van der Waals surface area (Å²) in [5.41, 5.74) is 2.41. The molecule has 2 unspecified atom stereocenters. The molecule has 0 aliphatic rings. The summed E-state index contributed by atoms with van der Waals surface area (Å²) in [6.07, 6.45) is 0.917. The third-order valence-corrected chi connectivity index (χ3v) is 3.93. The van der Waals surface area contributed by atoms with E-state index in [2.05, 4.69) is 31.3 Å². The lowest BCUT2D eigenvalue weighted by Crippen LogP contribution is -2.30. The van der Waals surface area contributed by atoms with Crippen molar-refractivity contribution in [1.29, 1.82) is 0 Å². The van der Waals surface area contributed by atoms with E-state index in [1.165, 1.54) is 11.1 Å². The average Bonchev–Trinajstić information content (AvgIpc) is 2.71. The summed E-state index contributed by atoms with van der Waals surface area (Å²) >= 11 is 6.21. The predicted molar refractivity (Wildman–Crippen MR) is 84.4 cm³/mol. The number of hydrogen-bond acceptors (Lipinski definition) is 2. The van der Waals surface area contributed by atoms with Gasteiger partial charge >= 0.3 is 0 Å². The molecule has 108 valence electrons. The van der Waals surface area contributed by atoms with E-state index in [1.54, 1.807) is 0 Å².